The van der Waals surface area contributed by atoms with Gasteiger partial charge in [-0.1, -0.05) is 25.0 Å². The van der Waals surface area contributed by atoms with Gasteiger partial charge >= 0.3 is 0 Å². The second-order valence-electron chi connectivity index (χ2n) is 6.44. The van der Waals surface area contributed by atoms with Crippen LogP contribution in [0.25, 0.3) is 0 Å². The molecule has 0 spiro atoms. The summed E-state index contributed by atoms with van der Waals surface area (Å²) in [5.41, 5.74) is 5.69. The van der Waals surface area contributed by atoms with Crippen LogP contribution in [0.4, 0.5) is 4.39 Å². The Labute approximate surface area is 129 Å². The summed E-state index contributed by atoms with van der Waals surface area (Å²) in [6.45, 7) is 0.993. The zero-order valence-electron chi connectivity index (χ0n) is 12.6. The van der Waals surface area contributed by atoms with Crippen LogP contribution in [0.5, 0.6) is 0 Å². The molecule has 2 N–H and O–H groups in total. The molecule has 0 aromatic heterocycles. The van der Waals surface area contributed by atoms with Gasteiger partial charge in [-0.15, -0.1) is 0 Å². The van der Waals surface area contributed by atoms with Crippen molar-refractivity contribution in [1.82, 2.24) is 4.90 Å². The van der Waals surface area contributed by atoms with Crippen LogP contribution in [0, 0.1) is 11.7 Å². The molecular formula is C17H21FN2O2. The fourth-order valence-corrected chi connectivity index (χ4v) is 3.85. The molecule has 1 aliphatic heterocycles. The molecule has 1 aliphatic carbocycles. The van der Waals surface area contributed by atoms with E-state index in [0.29, 0.717) is 19.5 Å². The summed E-state index contributed by atoms with van der Waals surface area (Å²) < 4.78 is 13.2. The number of amides is 2. The molecule has 1 heterocycles. The van der Waals surface area contributed by atoms with Gasteiger partial charge in [0, 0.05) is 13.1 Å². The van der Waals surface area contributed by atoms with Crippen molar-refractivity contribution in [2.24, 2.45) is 11.7 Å². The molecule has 2 fully saturated rings. The van der Waals surface area contributed by atoms with Gasteiger partial charge in [0.15, 0.2) is 0 Å². The lowest BCUT2D eigenvalue weighted by Gasteiger charge is -2.33. The molecule has 2 amide bonds. The number of likely N-dealkylation sites (tertiary alicyclic amines) is 1. The topological polar surface area (TPSA) is 63.4 Å². The number of benzene rings is 1. The second-order valence-corrected chi connectivity index (χ2v) is 6.44. The minimum atomic E-state index is -0.555. The van der Waals surface area contributed by atoms with Crippen LogP contribution < -0.4 is 5.73 Å². The number of nitrogens with two attached hydrogens (primary N) is 1. The molecule has 1 aromatic carbocycles. The average molecular weight is 304 g/mol. The van der Waals surface area contributed by atoms with E-state index in [2.05, 4.69) is 0 Å². The Hall–Kier alpha value is -1.91. The monoisotopic (exact) mass is 304 g/mol. The first-order valence-corrected chi connectivity index (χ1v) is 7.88. The molecule has 118 valence electrons. The molecule has 0 bridgehead atoms. The van der Waals surface area contributed by atoms with Crippen molar-refractivity contribution >= 4 is 11.8 Å². The lowest BCUT2D eigenvalue weighted by atomic mass is 9.77. The van der Waals surface area contributed by atoms with E-state index in [0.717, 1.165) is 31.2 Å². The number of halogens is 1. The molecule has 2 aliphatic rings. The van der Waals surface area contributed by atoms with Crippen molar-refractivity contribution in [3.63, 3.8) is 0 Å². The predicted molar refractivity (Wildman–Crippen MR) is 80.4 cm³/mol. The van der Waals surface area contributed by atoms with E-state index < -0.39 is 5.41 Å². The van der Waals surface area contributed by atoms with E-state index in [-0.39, 0.29) is 23.5 Å². The van der Waals surface area contributed by atoms with Gasteiger partial charge in [0.1, 0.15) is 5.82 Å². The van der Waals surface area contributed by atoms with Crippen LogP contribution in [-0.2, 0) is 15.0 Å². The normalized spacial score (nSPS) is 23.7. The van der Waals surface area contributed by atoms with Crippen molar-refractivity contribution in [3.05, 3.63) is 35.6 Å². The van der Waals surface area contributed by atoms with Crippen molar-refractivity contribution in [1.29, 1.82) is 0 Å². The summed E-state index contributed by atoms with van der Waals surface area (Å²) in [4.78, 5) is 26.2. The smallest absolute Gasteiger partial charge is 0.233 e. The first-order valence-electron chi connectivity index (χ1n) is 7.88. The number of hydrogen-bond donors (Lipinski definition) is 1. The molecular weight excluding hydrogens is 283 g/mol. The Bertz CT molecular complexity index is 579. The minimum Gasteiger partial charge on any atom is -0.369 e. The fraction of sp³-hybridized carbons (Fsp3) is 0.529. The molecule has 0 radical (unpaired) electrons. The third-order valence-corrected chi connectivity index (χ3v) is 5.14. The Morgan fingerprint density at radius 2 is 1.82 bits per heavy atom. The maximum Gasteiger partial charge on any atom is 0.233 e. The second kappa shape index (κ2) is 5.71. The maximum atomic E-state index is 13.2. The van der Waals surface area contributed by atoms with E-state index in [1.165, 1.54) is 12.1 Å². The Morgan fingerprint density at radius 3 is 2.36 bits per heavy atom. The van der Waals surface area contributed by atoms with E-state index in [1.807, 2.05) is 0 Å². The molecule has 1 saturated carbocycles. The molecule has 5 heteroatoms. The summed E-state index contributed by atoms with van der Waals surface area (Å²) in [6, 6.07) is 6.28. The molecule has 1 atom stereocenters. The van der Waals surface area contributed by atoms with Crippen LogP contribution >= 0.6 is 0 Å². The first-order chi connectivity index (χ1) is 10.5. The van der Waals surface area contributed by atoms with Crippen molar-refractivity contribution < 1.29 is 14.0 Å². The highest BCUT2D eigenvalue weighted by Crippen LogP contribution is 2.43. The van der Waals surface area contributed by atoms with E-state index >= 15 is 0 Å². The number of hydrogen-bond acceptors (Lipinski definition) is 2. The lowest BCUT2D eigenvalue weighted by molar-refractivity contribution is -0.136. The Kier molecular flexibility index (Phi) is 3.89. The molecule has 1 aromatic rings. The number of nitrogens with zero attached hydrogens (tertiary/aromatic N) is 1. The summed E-state index contributed by atoms with van der Waals surface area (Å²) >= 11 is 0. The highest BCUT2D eigenvalue weighted by Gasteiger charge is 2.46. The van der Waals surface area contributed by atoms with Gasteiger partial charge in [-0.2, -0.15) is 0 Å². The number of primary amides is 1. The molecule has 1 unspecified atom stereocenters. The number of carbonyl (C=O) groups is 2. The SMILES string of the molecule is NC(=O)C1CCN(C(=O)C2(c3ccc(F)cc3)CCCC2)C1. The number of rotatable bonds is 3. The van der Waals surface area contributed by atoms with E-state index in [1.54, 1.807) is 17.0 Å². The van der Waals surface area contributed by atoms with Gasteiger partial charge < -0.3 is 10.6 Å². The van der Waals surface area contributed by atoms with E-state index in [4.69, 9.17) is 5.73 Å². The van der Waals surface area contributed by atoms with Gasteiger partial charge in [0.2, 0.25) is 11.8 Å². The molecule has 22 heavy (non-hydrogen) atoms. The predicted octanol–water partition coefficient (Wildman–Crippen LogP) is 1.97. The average Bonchev–Trinajstić information content (AvgIpc) is 3.17. The summed E-state index contributed by atoms with van der Waals surface area (Å²) in [5.74, 6) is -0.798. The molecule has 1 saturated heterocycles. The maximum absolute atomic E-state index is 13.2. The zero-order valence-corrected chi connectivity index (χ0v) is 12.6. The first kappa shape index (κ1) is 15.0. The van der Waals surface area contributed by atoms with Crippen molar-refractivity contribution in [2.45, 2.75) is 37.5 Å². The van der Waals surface area contributed by atoms with Gasteiger partial charge in [-0.05, 0) is 37.0 Å². The molecule has 4 nitrogen and oxygen atoms in total. The zero-order chi connectivity index (χ0) is 15.7. The highest BCUT2D eigenvalue weighted by atomic mass is 19.1. The van der Waals surface area contributed by atoms with Gasteiger partial charge in [-0.3, -0.25) is 9.59 Å². The van der Waals surface area contributed by atoms with Gasteiger partial charge in [-0.25, -0.2) is 4.39 Å². The van der Waals surface area contributed by atoms with E-state index in [9.17, 15) is 14.0 Å². The highest BCUT2D eigenvalue weighted by molar-refractivity contribution is 5.89. The summed E-state index contributed by atoms with van der Waals surface area (Å²) in [7, 11) is 0. The van der Waals surface area contributed by atoms with Crippen LogP contribution in [0.2, 0.25) is 0 Å². The third kappa shape index (κ3) is 2.49. The van der Waals surface area contributed by atoms with Crippen LogP contribution in [-0.4, -0.2) is 29.8 Å². The quantitative estimate of drug-likeness (QED) is 0.928. The van der Waals surface area contributed by atoms with Gasteiger partial charge in [0.05, 0.1) is 11.3 Å². The van der Waals surface area contributed by atoms with Crippen LogP contribution in [0.3, 0.4) is 0 Å². The minimum absolute atomic E-state index is 0.0698. The Balaban J connectivity index is 1.86. The van der Waals surface area contributed by atoms with Gasteiger partial charge in [0.25, 0.3) is 0 Å². The lowest BCUT2D eigenvalue weighted by Crippen LogP contribution is -2.45. The summed E-state index contributed by atoms with van der Waals surface area (Å²) in [6.07, 6.45) is 4.21. The van der Waals surface area contributed by atoms with Crippen LogP contribution in [0.1, 0.15) is 37.7 Å². The van der Waals surface area contributed by atoms with Crippen LogP contribution in [0.15, 0.2) is 24.3 Å². The van der Waals surface area contributed by atoms with Crippen molar-refractivity contribution in [3.8, 4) is 0 Å². The standard InChI is InChI=1S/C17H21FN2O2/c18-14-5-3-13(4-6-14)17(8-1-2-9-17)16(22)20-10-7-12(11-20)15(19)21/h3-6,12H,1-2,7-11H2,(H2,19,21). The third-order valence-electron chi connectivity index (χ3n) is 5.14. The fourth-order valence-electron chi connectivity index (χ4n) is 3.85. The number of carbonyl (C=O) groups excluding carboxylic acids is 2. The molecule has 3 rings (SSSR count). The largest absolute Gasteiger partial charge is 0.369 e. The Morgan fingerprint density at radius 1 is 1.18 bits per heavy atom. The summed E-state index contributed by atoms with van der Waals surface area (Å²) in [5, 5.41) is 0. The van der Waals surface area contributed by atoms with Crippen molar-refractivity contribution in [2.75, 3.05) is 13.1 Å².